The number of rotatable bonds is 5. The molecule has 0 aromatic heterocycles. The molecule has 0 heterocycles. The van der Waals surface area contributed by atoms with E-state index in [1.807, 2.05) is 60.7 Å². The van der Waals surface area contributed by atoms with Gasteiger partial charge in [-0.05, 0) is 41.5 Å². The zero-order chi connectivity index (χ0) is 16.8. The molecule has 0 aliphatic heterocycles. The van der Waals surface area contributed by atoms with E-state index in [-0.39, 0.29) is 5.82 Å². The summed E-state index contributed by atoms with van der Waals surface area (Å²) in [6.45, 7) is 0.363. The number of hydrogen-bond donors (Lipinski definition) is 0. The number of anilines is 1. The molecule has 0 spiro atoms. The van der Waals surface area contributed by atoms with Crippen molar-refractivity contribution in [2.24, 2.45) is 0 Å². The lowest BCUT2D eigenvalue weighted by molar-refractivity contribution is 0.592. The molecule has 24 heavy (non-hydrogen) atoms. The lowest BCUT2D eigenvalue weighted by Crippen LogP contribution is -2.19. The lowest BCUT2D eigenvalue weighted by atomic mass is 10.2. The molecule has 0 bridgehead atoms. The molecule has 0 saturated carbocycles. The summed E-state index contributed by atoms with van der Waals surface area (Å²) in [5, 5.41) is 0. The molecule has 3 aromatic rings. The molecular weight excluding hydrogens is 304 g/mol. The molecule has 0 fully saturated rings. The van der Waals surface area contributed by atoms with E-state index in [9.17, 15) is 8.78 Å². The molecule has 0 unspecified atom stereocenters. The minimum absolute atomic E-state index is 0.342. The van der Waals surface area contributed by atoms with Crippen molar-refractivity contribution in [3.63, 3.8) is 0 Å². The van der Waals surface area contributed by atoms with E-state index in [1.54, 1.807) is 12.1 Å². The van der Waals surface area contributed by atoms with Crippen molar-refractivity contribution in [3.05, 3.63) is 108 Å². The van der Waals surface area contributed by atoms with E-state index in [0.717, 1.165) is 11.1 Å². The van der Waals surface area contributed by atoms with Crippen LogP contribution in [0.3, 0.4) is 0 Å². The van der Waals surface area contributed by atoms with Gasteiger partial charge in [0.1, 0.15) is 5.82 Å². The van der Waals surface area contributed by atoms with Crippen LogP contribution in [0.1, 0.15) is 11.1 Å². The fourth-order valence-corrected chi connectivity index (χ4v) is 2.44. The van der Waals surface area contributed by atoms with Gasteiger partial charge in [-0.2, -0.15) is 4.39 Å². The summed E-state index contributed by atoms with van der Waals surface area (Å²) in [5.41, 5.74) is 2.35. The standard InChI is InChI=1S/C21H17F2N/c22-19-11-13-20(14-12-19)24(16-18-9-5-2-6-10-18)21(23)15-17-7-3-1-4-8-17/h1-15H,16H2/b21-15-. The van der Waals surface area contributed by atoms with E-state index < -0.39 is 5.95 Å². The van der Waals surface area contributed by atoms with Gasteiger partial charge in [0.2, 0.25) is 0 Å². The molecule has 1 nitrogen and oxygen atoms in total. The van der Waals surface area contributed by atoms with Gasteiger partial charge in [-0.1, -0.05) is 60.7 Å². The van der Waals surface area contributed by atoms with E-state index in [0.29, 0.717) is 12.2 Å². The molecule has 3 rings (SSSR count). The summed E-state index contributed by atoms with van der Waals surface area (Å²) < 4.78 is 28.1. The van der Waals surface area contributed by atoms with Crippen LogP contribution in [0.15, 0.2) is 90.9 Å². The summed E-state index contributed by atoms with van der Waals surface area (Å²) in [4.78, 5) is 1.53. The third-order valence-electron chi connectivity index (χ3n) is 3.67. The third kappa shape index (κ3) is 4.07. The first-order chi connectivity index (χ1) is 11.7. The predicted molar refractivity (Wildman–Crippen MR) is 94.6 cm³/mol. The van der Waals surface area contributed by atoms with Crippen LogP contribution in [-0.4, -0.2) is 0 Å². The Kier molecular flexibility index (Phi) is 5.02. The van der Waals surface area contributed by atoms with Crippen molar-refractivity contribution in [2.75, 3.05) is 4.90 Å². The zero-order valence-corrected chi connectivity index (χ0v) is 13.1. The van der Waals surface area contributed by atoms with Crippen LogP contribution < -0.4 is 4.90 Å². The van der Waals surface area contributed by atoms with Crippen LogP contribution in [0.5, 0.6) is 0 Å². The number of benzene rings is 3. The van der Waals surface area contributed by atoms with Gasteiger partial charge < -0.3 is 4.90 Å². The van der Waals surface area contributed by atoms with Crippen LogP contribution >= 0.6 is 0 Å². The molecule has 0 saturated heterocycles. The zero-order valence-electron chi connectivity index (χ0n) is 13.1. The van der Waals surface area contributed by atoms with Crippen molar-refractivity contribution in [1.82, 2.24) is 0 Å². The van der Waals surface area contributed by atoms with Gasteiger partial charge in [-0.3, -0.25) is 0 Å². The van der Waals surface area contributed by atoms with Gasteiger partial charge in [0, 0.05) is 5.69 Å². The van der Waals surface area contributed by atoms with Crippen LogP contribution in [0, 0.1) is 5.82 Å². The highest BCUT2D eigenvalue weighted by Crippen LogP contribution is 2.24. The summed E-state index contributed by atoms with van der Waals surface area (Å²) in [6, 6.07) is 24.7. The molecule has 0 radical (unpaired) electrons. The number of hydrogen-bond acceptors (Lipinski definition) is 1. The van der Waals surface area contributed by atoms with Crippen LogP contribution in [0.4, 0.5) is 14.5 Å². The van der Waals surface area contributed by atoms with Gasteiger partial charge in [-0.25, -0.2) is 4.39 Å². The quantitative estimate of drug-likeness (QED) is 0.537. The fraction of sp³-hybridized carbons (Fsp3) is 0.0476. The maximum atomic E-state index is 14.9. The highest BCUT2D eigenvalue weighted by Gasteiger charge is 2.13. The molecule has 0 N–H and O–H groups in total. The first-order valence-corrected chi connectivity index (χ1v) is 7.72. The van der Waals surface area contributed by atoms with Gasteiger partial charge in [0.15, 0.2) is 5.95 Å². The van der Waals surface area contributed by atoms with Crippen molar-refractivity contribution >= 4 is 11.8 Å². The predicted octanol–water partition coefficient (Wildman–Crippen LogP) is 5.80. The smallest absolute Gasteiger partial charge is 0.194 e. The maximum Gasteiger partial charge on any atom is 0.194 e. The molecule has 3 aromatic carbocycles. The van der Waals surface area contributed by atoms with Gasteiger partial charge in [-0.15, -0.1) is 0 Å². The van der Waals surface area contributed by atoms with Gasteiger partial charge in [0.25, 0.3) is 0 Å². The highest BCUT2D eigenvalue weighted by molar-refractivity contribution is 5.60. The monoisotopic (exact) mass is 321 g/mol. The van der Waals surface area contributed by atoms with E-state index in [4.69, 9.17) is 0 Å². The maximum absolute atomic E-state index is 14.9. The van der Waals surface area contributed by atoms with Crippen molar-refractivity contribution < 1.29 is 8.78 Å². The van der Waals surface area contributed by atoms with Crippen LogP contribution in [-0.2, 0) is 6.54 Å². The normalized spacial score (nSPS) is 11.3. The molecule has 0 aliphatic rings. The van der Waals surface area contributed by atoms with Crippen LogP contribution in [0.25, 0.3) is 6.08 Å². The Morgan fingerprint density at radius 3 is 2.00 bits per heavy atom. The lowest BCUT2D eigenvalue weighted by Gasteiger charge is -2.23. The second-order valence-electron chi connectivity index (χ2n) is 5.43. The van der Waals surface area contributed by atoms with E-state index >= 15 is 0 Å². The van der Waals surface area contributed by atoms with E-state index in [1.165, 1.54) is 23.1 Å². The van der Waals surface area contributed by atoms with Crippen molar-refractivity contribution in [2.45, 2.75) is 6.54 Å². The first-order valence-electron chi connectivity index (χ1n) is 7.72. The Hall–Kier alpha value is -2.94. The Balaban J connectivity index is 1.94. The second kappa shape index (κ2) is 7.55. The molecule has 0 amide bonds. The third-order valence-corrected chi connectivity index (χ3v) is 3.67. The van der Waals surface area contributed by atoms with Crippen molar-refractivity contribution in [1.29, 1.82) is 0 Å². The first kappa shape index (κ1) is 15.9. The number of nitrogens with zero attached hydrogens (tertiary/aromatic N) is 1. The Bertz CT molecular complexity index is 796. The average molecular weight is 321 g/mol. The average Bonchev–Trinajstić information content (AvgIpc) is 2.62. The van der Waals surface area contributed by atoms with Crippen molar-refractivity contribution in [3.8, 4) is 0 Å². The number of halogens is 2. The van der Waals surface area contributed by atoms with Gasteiger partial charge in [0.05, 0.1) is 6.54 Å². The Labute approximate surface area is 140 Å². The minimum atomic E-state index is -0.392. The Morgan fingerprint density at radius 2 is 1.38 bits per heavy atom. The van der Waals surface area contributed by atoms with Gasteiger partial charge >= 0.3 is 0 Å². The topological polar surface area (TPSA) is 3.24 Å². The summed E-state index contributed by atoms with van der Waals surface area (Å²) in [6.07, 6.45) is 1.48. The SMILES string of the molecule is F/C(=C/c1ccccc1)N(Cc1ccccc1)c1ccc(F)cc1. The van der Waals surface area contributed by atoms with E-state index in [2.05, 4.69) is 0 Å². The second-order valence-corrected chi connectivity index (χ2v) is 5.43. The molecule has 3 heteroatoms. The molecule has 0 atom stereocenters. The fourth-order valence-electron chi connectivity index (χ4n) is 2.44. The molecular formula is C21H17F2N. The minimum Gasteiger partial charge on any atom is -0.314 e. The largest absolute Gasteiger partial charge is 0.314 e. The molecule has 120 valence electrons. The summed E-state index contributed by atoms with van der Waals surface area (Å²) in [7, 11) is 0. The summed E-state index contributed by atoms with van der Waals surface area (Å²) in [5.74, 6) is -0.734. The van der Waals surface area contributed by atoms with Crippen LogP contribution in [0.2, 0.25) is 0 Å². The summed E-state index contributed by atoms with van der Waals surface area (Å²) >= 11 is 0. The molecule has 0 aliphatic carbocycles. The Morgan fingerprint density at radius 1 is 0.792 bits per heavy atom. The highest BCUT2D eigenvalue weighted by atomic mass is 19.1.